The molecule has 1 aliphatic heterocycles. The minimum absolute atomic E-state index is 0.0389. The minimum Gasteiger partial charge on any atom is -0.322 e. The first-order valence-electron chi connectivity index (χ1n) is 9.79. The summed E-state index contributed by atoms with van der Waals surface area (Å²) in [6.45, 7) is 0.698. The third-order valence-electron chi connectivity index (χ3n) is 5.17. The van der Waals surface area contributed by atoms with Crippen molar-refractivity contribution in [2.45, 2.75) is 19.3 Å². The number of halogens is 2. The van der Waals surface area contributed by atoms with Crippen LogP contribution in [0.3, 0.4) is 0 Å². The van der Waals surface area contributed by atoms with E-state index in [0.717, 1.165) is 24.9 Å². The highest BCUT2D eigenvalue weighted by atomic mass is 35.5. The number of carbonyl (C=O) groups excluding carboxylic acids is 2. The van der Waals surface area contributed by atoms with E-state index in [1.807, 2.05) is 23.1 Å². The third kappa shape index (κ3) is 4.35. The lowest BCUT2D eigenvalue weighted by atomic mass is 10.1. The molecule has 1 aliphatic rings. The van der Waals surface area contributed by atoms with Gasteiger partial charge in [-0.1, -0.05) is 41.4 Å². The van der Waals surface area contributed by atoms with Crippen LogP contribution in [0.4, 0.5) is 11.4 Å². The summed E-state index contributed by atoms with van der Waals surface area (Å²) in [5, 5.41) is 3.55. The second kappa shape index (κ2) is 8.90. The Morgan fingerprint density at radius 3 is 2.43 bits per heavy atom. The molecule has 4 rings (SSSR count). The number of para-hydroxylation sites is 1. The topological polar surface area (TPSA) is 49.4 Å². The zero-order chi connectivity index (χ0) is 21.1. The van der Waals surface area contributed by atoms with Crippen molar-refractivity contribution in [3.63, 3.8) is 0 Å². The highest BCUT2D eigenvalue weighted by Crippen LogP contribution is 2.28. The van der Waals surface area contributed by atoms with E-state index in [4.69, 9.17) is 23.2 Å². The Morgan fingerprint density at radius 1 is 0.900 bits per heavy atom. The van der Waals surface area contributed by atoms with E-state index in [0.29, 0.717) is 28.4 Å². The number of aryl methyl sites for hydroxylation is 1. The number of nitrogens with one attached hydrogen (secondary N) is 1. The van der Waals surface area contributed by atoms with Crippen molar-refractivity contribution >= 4 is 46.4 Å². The van der Waals surface area contributed by atoms with Crippen LogP contribution in [-0.2, 0) is 6.42 Å². The predicted molar refractivity (Wildman–Crippen MR) is 122 cm³/mol. The summed E-state index contributed by atoms with van der Waals surface area (Å²) in [5.74, 6) is -0.375. The van der Waals surface area contributed by atoms with Gasteiger partial charge >= 0.3 is 0 Å². The molecule has 2 amide bonds. The maximum absolute atomic E-state index is 13.2. The van der Waals surface area contributed by atoms with Crippen molar-refractivity contribution in [1.29, 1.82) is 0 Å². The monoisotopic (exact) mass is 438 g/mol. The predicted octanol–water partition coefficient (Wildman–Crippen LogP) is 6.23. The maximum Gasteiger partial charge on any atom is 0.258 e. The van der Waals surface area contributed by atoms with Crippen LogP contribution in [0.5, 0.6) is 0 Å². The second-order valence-electron chi connectivity index (χ2n) is 7.20. The van der Waals surface area contributed by atoms with Crippen molar-refractivity contribution in [1.82, 2.24) is 0 Å². The van der Waals surface area contributed by atoms with Gasteiger partial charge in [-0.2, -0.15) is 0 Å². The van der Waals surface area contributed by atoms with Gasteiger partial charge in [0, 0.05) is 28.5 Å². The van der Waals surface area contributed by atoms with Gasteiger partial charge in [-0.3, -0.25) is 9.59 Å². The summed E-state index contributed by atoms with van der Waals surface area (Å²) >= 11 is 12.0. The molecule has 3 aromatic carbocycles. The van der Waals surface area contributed by atoms with Crippen molar-refractivity contribution < 1.29 is 9.59 Å². The number of hydrogen-bond donors (Lipinski definition) is 1. The Hall–Kier alpha value is -2.82. The molecule has 0 saturated heterocycles. The van der Waals surface area contributed by atoms with E-state index in [-0.39, 0.29) is 16.8 Å². The van der Waals surface area contributed by atoms with Crippen LogP contribution in [0, 0.1) is 0 Å². The lowest BCUT2D eigenvalue weighted by molar-refractivity contribution is 0.0985. The van der Waals surface area contributed by atoms with E-state index < -0.39 is 0 Å². The fourth-order valence-electron chi connectivity index (χ4n) is 3.63. The molecular weight excluding hydrogens is 419 g/mol. The molecule has 0 atom stereocenters. The van der Waals surface area contributed by atoms with Gasteiger partial charge in [0.1, 0.15) is 0 Å². The Morgan fingerprint density at radius 2 is 1.67 bits per heavy atom. The van der Waals surface area contributed by atoms with E-state index in [1.165, 1.54) is 11.6 Å². The fourth-order valence-corrected chi connectivity index (χ4v) is 4.12. The van der Waals surface area contributed by atoms with Crippen LogP contribution in [-0.4, -0.2) is 18.4 Å². The molecule has 152 valence electrons. The quantitative estimate of drug-likeness (QED) is 0.526. The van der Waals surface area contributed by atoms with E-state index in [2.05, 4.69) is 11.4 Å². The molecule has 0 aromatic heterocycles. The highest BCUT2D eigenvalue weighted by molar-refractivity contribution is 6.37. The normalized spacial score (nSPS) is 13.3. The number of carbonyl (C=O) groups is 2. The molecule has 0 fully saturated rings. The zero-order valence-corrected chi connectivity index (χ0v) is 17.7. The smallest absolute Gasteiger partial charge is 0.258 e. The first kappa shape index (κ1) is 20.5. The standard InChI is InChI=1S/C24H20Cl2N2O2/c25-18-10-13-20(21(26)15-18)23(29)27-19-11-8-17(9-12-19)24(30)28-14-4-3-6-16-5-1-2-7-22(16)28/h1-2,5,7-13,15H,3-4,6,14H2,(H,27,29). The average Bonchev–Trinajstić information content (AvgIpc) is 2.96. The number of rotatable bonds is 3. The molecule has 3 aromatic rings. The molecule has 0 radical (unpaired) electrons. The van der Waals surface area contributed by atoms with E-state index in [1.54, 1.807) is 36.4 Å². The van der Waals surface area contributed by atoms with Gasteiger partial charge in [0.25, 0.3) is 11.8 Å². The van der Waals surface area contributed by atoms with Gasteiger partial charge < -0.3 is 10.2 Å². The Bertz CT molecular complexity index is 1100. The molecule has 0 aliphatic carbocycles. The summed E-state index contributed by atoms with van der Waals surface area (Å²) in [6.07, 6.45) is 3.02. The molecule has 0 bridgehead atoms. The molecule has 0 unspecified atom stereocenters. The number of benzene rings is 3. The maximum atomic E-state index is 13.2. The van der Waals surface area contributed by atoms with Crippen LogP contribution in [0.1, 0.15) is 39.1 Å². The van der Waals surface area contributed by atoms with Crippen molar-refractivity contribution in [3.8, 4) is 0 Å². The number of nitrogens with zero attached hydrogens (tertiary/aromatic N) is 1. The SMILES string of the molecule is O=C(Nc1ccc(C(=O)N2CCCCc3ccccc32)cc1)c1ccc(Cl)cc1Cl. The average molecular weight is 439 g/mol. The number of fused-ring (bicyclic) bond motifs is 1. The summed E-state index contributed by atoms with van der Waals surface area (Å²) in [5.41, 5.74) is 3.68. The first-order chi connectivity index (χ1) is 14.5. The molecule has 0 saturated carbocycles. The van der Waals surface area contributed by atoms with Gasteiger partial charge in [0.15, 0.2) is 0 Å². The Labute approximate surface area is 185 Å². The summed E-state index contributed by atoms with van der Waals surface area (Å²) in [7, 11) is 0. The molecule has 1 heterocycles. The second-order valence-corrected chi connectivity index (χ2v) is 8.04. The van der Waals surface area contributed by atoms with Crippen LogP contribution in [0.2, 0.25) is 10.0 Å². The van der Waals surface area contributed by atoms with Crippen molar-refractivity contribution in [2.24, 2.45) is 0 Å². The minimum atomic E-state index is -0.336. The molecule has 4 nitrogen and oxygen atoms in total. The summed E-state index contributed by atoms with van der Waals surface area (Å²) in [6, 6.07) is 19.7. The number of amides is 2. The lowest BCUT2D eigenvalue weighted by Crippen LogP contribution is -2.31. The number of hydrogen-bond acceptors (Lipinski definition) is 2. The van der Waals surface area contributed by atoms with Crippen LogP contribution in [0.25, 0.3) is 0 Å². The Kier molecular flexibility index (Phi) is 6.07. The molecule has 0 spiro atoms. The zero-order valence-electron chi connectivity index (χ0n) is 16.2. The van der Waals surface area contributed by atoms with Crippen LogP contribution in [0.15, 0.2) is 66.7 Å². The first-order valence-corrected chi connectivity index (χ1v) is 10.5. The number of anilines is 2. The highest BCUT2D eigenvalue weighted by Gasteiger charge is 2.22. The van der Waals surface area contributed by atoms with Gasteiger partial charge in [-0.05, 0) is 73.4 Å². The third-order valence-corrected chi connectivity index (χ3v) is 5.72. The van der Waals surface area contributed by atoms with Crippen molar-refractivity contribution in [2.75, 3.05) is 16.8 Å². The Balaban J connectivity index is 1.51. The molecular formula is C24H20Cl2N2O2. The van der Waals surface area contributed by atoms with Crippen LogP contribution >= 0.6 is 23.2 Å². The van der Waals surface area contributed by atoms with Gasteiger partial charge in [-0.25, -0.2) is 0 Å². The molecule has 30 heavy (non-hydrogen) atoms. The van der Waals surface area contributed by atoms with E-state index >= 15 is 0 Å². The molecule has 6 heteroatoms. The van der Waals surface area contributed by atoms with Gasteiger partial charge in [-0.15, -0.1) is 0 Å². The van der Waals surface area contributed by atoms with Crippen LogP contribution < -0.4 is 10.2 Å². The largest absolute Gasteiger partial charge is 0.322 e. The fraction of sp³-hybridized carbons (Fsp3) is 0.167. The van der Waals surface area contributed by atoms with Gasteiger partial charge in [0.05, 0.1) is 10.6 Å². The summed E-state index contributed by atoms with van der Waals surface area (Å²) in [4.78, 5) is 27.5. The lowest BCUT2D eigenvalue weighted by Gasteiger charge is -2.23. The van der Waals surface area contributed by atoms with Crippen molar-refractivity contribution in [3.05, 3.63) is 93.5 Å². The van der Waals surface area contributed by atoms with E-state index in [9.17, 15) is 9.59 Å². The molecule has 1 N–H and O–H groups in total. The summed E-state index contributed by atoms with van der Waals surface area (Å²) < 4.78 is 0. The van der Waals surface area contributed by atoms with Gasteiger partial charge in [0.2, 0.25) is 0 Å².